The van der Waals surface area contributed by atoms with E-state index in [1.807, 2.05) is 11.0 Å². The molecule has 1 aromatic carbocycles. The predicted octanol–water partition coefficient (Wildman–Crippen LogP) is 1.63. The van der Waals surface area contributed by atoms with Crippen molar-refractivity contribution in [3.63, 3.8) is 0 Å². The van der Waals surface area contributed by atoms with Crippen molar-refractivity contribution < 1.29 is 14.5 Å². The second kappa shape index (κ2) is 9.20. The van der Waals surface area contributed by atoms with Crippen LogP contribution in [0.5, 0.6) is 0 Å². The van der Waals surface area contributed by atoms with Crippen molar-refractivity contribution in [2.75, 3.05) is 31.2 Å². The van der Waals surface area contributed by atoms with Gasteiger partial charge in [0.1, 0.15) is 0 Å². The minimum absolute atomic E-state index is 0.133. The SMILES string of the molecule is O=C(NC(=S)NCc1cccnc1)c1cc([N+](=O)[O-])ccc1N1CCOCC1. The first-order valence-corrected chi connectivity index (χ1v) is 9.04. The maximum absolute atomic E-state index is 12.8. The summed E-state index contributed by atoms with van der Waals surface area (Å²) in [5.41, 5.74) is 1.56. The highest BCUT2D eigenvalue weighted by Crippen LogP contribution is 2.26. The number of pyridine rings is 1. The van der Waals surface area contributed by atoms with Crippen LogP contribution in [0.2, 0.25) is 0 Å². The summed E-state index contributed by atoms with van der Waals surface area (Å²) in [4.78, 5) is 29.4. The number of carbonyl (C=O) groups excluding carboxylic acids is 1. The highest BCUT2D eigenvalue weighted by Gasteiger charge is 2.22. The summed E-state index contributed by atoms with van der Waals surface area (Å²) in [5, 5.41) is 16.8. The number of nitro benzene ring substituents is 1. The van der Waals surface area contributed by atoms with Gasteiger partial charge >= 0.3 is 0 Å². The maximum Gasteiger partial charge on any atom is 0.270 e. The molecular formula is C18H19N5O4S. The Morgan fingerprint density at radius 3 is 2.79 bits per heavy atom. The molecule has 0 radical (unpaired) electrons. The van der Waals surface area contributed by atoms with E-state index in [1.54, 1.807) is 24.5 Å². The van der Waals surface area contributed by atoms with Gasteiger partial charge in [0.25, 0.3) is 11.6 Å². The number of non-ortho nitro benzene ring substituents is 1. The van der Waals surface area contributed by atoms with Crippen molar-refractivity contribution in [1.82, 2.24) is 15.6 Å². The van der Waals surface area contributed by atoms with E-state index in [-0.39, 0.29) is 16.4 Å². The molecule has 1 amide bonds. The van der Waals surface area contributed by atoms with E-state index in [4.69, 9.17) is 17.0 Å². The Labute approximate surface area is 166 Å². The fourth-order valence-electron chi connectivity index (χ4n) is 2.80. The number of anilines is 1. The van der Waals surface area contributed by atoms with Crippen LogP contribution < -0.4 is 15.5 Å². The summed E-state index contributed by atoms with van der Waals surface area (Å²) in [5.74, 6) is -0.506. The largest absolute Gasteiger partial charge is 0.378 e. The number of ether oxygens (including phenoxy) is 1. The molecule has 10 heteroatoms. The number of hydrogen-bond acceptors (Lipinski definition) is 7. The number of nitrogens with one attached hydrogen (secondary N) is 2. The molecule has 0 atom stereocenters. The zero-order chi connectivity index (χ0) is 19.9. The Kier molecular flexibility index (Phi) is 6.45. The molecule has 0 unspecified atom stereocenters. The number of rotatable bonds is 5. The van der Waals surface area contributed by atoms with Crippen molar-refractivity contribution in [3.05, 3.63) is 64.0 Å². The number of nitrogens with zero attached hydrogens (tertiary/aromatic N) is 3. The first-order valence-electron chi connectivity index (χ1n) is 8.64. The van der Waals surface area contributed by atoms with Crippen LogP contribution in [0, 0.1) is 10.1 Å². The Balaban J connectivity index is 1.73. The third-order valence-corrected chi connectivity index (χ3v) is 4.44. The van der Waals surface area contributed by atoms with Gasteiger partial charge in [0.2, 0.25) is 0 Å². The summed E-state index contributed by atoms with van der Waals surface area (Å²) in [7, 11) is 0. The molecule has 1 aliphatic heterocycles. The number of hydrogen-bond donors (Lipinski definition) is 2. The lowest BCUT2D eigenvalue weighted by atomic mass is 10.1. The summed E-state index contributed by atoms with van der Waals surface area (Å²) in [6.07, 6.45) is 3.35. The third kappa shape index (κ3) is 4.99. The van der Waals surface area contributed by atoms with Crippen LogP contribution in [0.1, 0.15) is 15.9 Å². The molecule has 1 saturated heterocycles. The van der Waals surface area contributed by atoms with Crippen LogP contribution in [-0.2, 0) is 11.3 Å². The van der Waals surface area contributed by atoms with Crippen LogP contribution in [0.4, 0.5) is 11.4 Å². The molecule has 2 N–H and O–H groups in total. The number of amides is 1. The molecule has 0 aliphatic carbocycles. The summed E-state index contributed by atoms with van der Waals surface area (Å²) < 4.78 is 5.34. The van der Waals surface area contributed by atoms with E-state index in [2.05, 4.69) is 15.6 Å². The van der Waals surface area contributed by atoms with Gasteiger partial charge in [-0.15, -0.1) is 0 Å². The van der Waals surface area contributed by atoms with E-state index < -0.39 is 10.8 Å². The van der Waals surface area contributed by atoms with Crippen molar-refractivity contribution >= 4 is 34.6 Å². The molecule has 9 nitrogen and oxygen atoms in total. The lowest BCUT2D eigenvalue weighted by molar-refractivity contribution is -0.384. The standard InChI is InChI=1S/C18H19N5O4S/c24-17(21-18(28)20-12-13-2-1-5-19-11-13)15-10-14(23(25)26)3-4-16(15)22-6-8-27-9-7-22/h1-5,10-11H,6-9,12H2,(H2,20,21,24,28). The fraction of sp³-hybridized carbons (Fsp3) is 0.278. The number of aromatic nitrogens is 1. The van der Waals surface area contributed by atoms with Gasteiger partial charge in [-0.05, 0) is 29.9 Å². The van der Waals surface area contributed by atoms with Crippen LogP contribution in [0.15, 0.2) is 42.7 Å². The van der Waals surface area contributed by atoms with Crippen LogP contribution in [0.25, 0.3) is 0 Å². The third-order valence-electron chi connectivity index (χ3n) is 4.19. The van der Waals surface area contributed by atoms with Gasteiger partial charge in [-0.3, -0.25) is 25.2 Å². The zero-order valence-electron chi connectivity index (χ0n) is 15.0. The second-order valence-corrected chi connectivity index (χ2v) is 6.46. The molecule has 0 saturated carbocycles. The fourth-order valence-corrected chi connectivity index (χ4v) is 2.96. The smallest absolute Gasteiger partial charge is 0.270 e. The van der Waals surface area contributed by atoms with Gasteiger partial charge < -0.3 is 15.0 Å². The van der Waals surface area contributed by atoms with Crippen molar-refractivity contribution in [2.24, 2.45) is 0 Å². The van der Waals surface area contributed by atoms with E-state index in [9.17, 15) is 14.9 Å². The number of nitro groups is 1. The second-order valence-electron chi connectivity index (χ2n) is 6.06. The minimum atomic E-state index is -0.529. The maximum atomic E-state index is 12.8. The Hall–Kier alpha value is -3.11. The molecule has 1 aromatic heterocycles. The van der Waals surface area contributed by atoms with Gasteiger partial charge in [-0.2, -0.15) is 0 Å². The van der Waals surface area contributed by atoms with Crippen LogP contribution in [-0.4, -0.2) is 47.2 Å². The van der Waals surface area contributed by atoms with E-state index in [0.29, 0.717) is 38.5 Å². The van der Waals surface area contributed by atoms with Gasteiger partial charge in [-0.25, -0.2) is 0 Å². The average molecular weight is 401 g/mol. The van der Waals surface area contributed by atoms with Gasteiger partial charge in [0.15, 0.2) is 5.11 Å². The molecule has 1 fully saturated rings. The van der Waals surface area contributed by atoms with Crippen LogP contribution in [0.3, 0.4) is 0 Å². The van der Waals surface area contributed by atoms with E-state index in [1.165, 1.54) is 12.1 Å². The molecule has 2 aromatic rings. The Morgan fingerprint density at radius 1 is 1.32 bits per heavy atom. The number of morpholine rings is 1. The first-order chi connectivity index (χ1) is 13.5. The number of carbonyl (C=O) groups is 1. The Morgan fingerprint density at radius 2 is 2.11 bits per heavy atom. The highest BCUT2D eigenvalue weighted by molar-refractivity contribution is 7.80. The van der Waals surface area contributed by atoms with Crippen LogP contribution >= 0.6 is 12.2 Å². The van der Waals surface area contributed by atoms with Gasteiger partial charge in [-0.1, -0.05) is 6.07 Å². The lowest BCUT2D eigenvalue weighted by Gasteiger charge is -2.30. The predicted molar refractivity (Wildman–Crippen MR) is 107 cm³/mol. The zero-order valence-corrected chi connectivity index (χ0v) is 15.8. The first kappa shape index (κ1) is 19.6. The monoisotopic (exact) mass is 401 g/mol. The minimum Gasteiger partial charge on any atom is -0.378 e. The molecule has 0 bridgehead atoms. The molecule has 2 heterocycles. The van der Waals surface area contributed by atoms with Crippen molar-refractivity contribution in [2.45, 2.75) is 6.54 Å². The highest BCUT2D eigenvalue weighted by atomic mass is 32.1. The molecule has 28 heavy (non-hydrogen) atoms. The topological polar surface area (TPSA) is 110 Å². The summed E-state index contributed by atoms with van der Waals surface area (Å²) in [6.45, 7) is 2.66. The summed E-state index contributed by atoms with van der Waals surface area (Å²) in [6, 6.07) is 7.92. The van der Waals surface area contributed by atoms with Crippen molar-refractivity contribution in [1.29, 1.82) is 0 Å². The molecule has 1 aliphatic rings. The van der Waals surface area contributed by atoms with Gasteiger partial charge in [0.05, 0.1) is 29.4 Å². The normalized spacial score (nSPS) is 13.6. The Bertz CT molecular complexity index is 872. The average Bonchev–Trinajstić information content (AvgIpc) is 2.73. The molecular weight excluding hydrogens is 382 g/mol. The van der Waals surface area contributed by atoms with Crippen molar-refractivity contribution in [3.8, 4) is 0 Å². The quantitative estimate of drug-likeness (QED) is 0.442. The lowest BCUT2D eigenvalue weighted by Crippen LogP contribution is -2.41. The molecule has 146 valence electrons. The summed E-state index contributed by atoms with van der Waals surface area (Å²) >= 11 is 5.18. The molecule has 3 rings (SSSR count). The van der Waals surface area contributed by atoms with E-state index >= 15 is 0 Å². The van der Waals surface area contributed by atoms with Gasteiger partial charge in [0, 0.05) is 44.2 Å². The molecule has 0 spiro atoms. The number of thiocarbonyl (C=S) groups is 1. The number of benzene rings is 1. The van der Waals surface area contributed by atoms with E-state index in [0.717, 1.165) is 5.56 Å².